The van der Waals surface area contributed by atoms with Crippen molar-refractivity contribution in [3.05, 3.63) is 33.0 Å². The van der Waals surface area contributed by atoms with Crippen LogP contribution in [0.2, 0.25) is 5.02 Å². The second-order valence-electron chi connectivity index (χ2n) is 4.59. The summed E-state index contributed by atoms with van der Waals surface area (Å²) in [4.78, 5) is 0. The van der Waals surface area contributed by atoms with Gasteiger partial charge in [0, 0.05) is 10.0 Å². The van der Waals surface area contributed by atoms with E-state index in [1.807, 2.05) is 0 Å². The van der Waals surface area contributed by atoms with Crippen LogP contribution in [-0.4, -0.2) is 19.4 Å². The van der Waals surface area contributed by atoms with Crippen LogP contribution in [0.3, 0.4) is 0 Å². The SMILES string of the molecule is O=S1(=O)CCCCC1C(Cl)c1cc(Cl)c(Br)cc1F. The molecule has 1 heterocycles. The molecule has 0 saturated carbocycles. The van der Waals surface area contributed by atoms with Gasteiger partial charge in [0.1, 0.15) is 5.82 Å². The van der Waals surface area contributed by atoms with Crippen molar-refractivity contribution in [3.8, 4) is 0 Å². The monoisotopic (exact) mass is 388 g/mol. The molecule has 7 heteroatoms. The first-order chi connectivity index (χ1) is 8.83. The third-order valence-electron chi connectivity index (χ3n) is 3.29. The summed E-state index contributed by atoms with van der Waals surface area (Å²) in [5.41, 5.74) is 0.144. The fraction of sp³-hybridized carbons (Fsp3) is 0.500. The van der Waals surface area contributed by atoms with E-state index in [9.17, 15) is 12.8 Å². The highest BCUT2D eigenvalue weighted by atomic mass is 79.9. The van der Waals surface area contributed by atoms with Crippen LogP contribution in [0.4, 0.5) is 4.39 Å². The van der Waals surface area contributed by atoms with Gasteiger partial charge in [0.2, 0.25) is 0 Å². The molecule has 0 aliphatic carbocycles. The Labute approximate surface area is 130 Å². The minimum atomic E-state index is -3.26. The molecule has 0 aromatic heterocycles. The number of rotatable bonds is 2. The van der Waals surface area contributed by atoms with E-state index >= 15 is 0 Å². The maximum absolute atomic E-state index is 13.9. The standard InChI is InChI=1S/C12H12BrCl2FO2S/c13-8-6-10(16)7(5-9(8)14)12(15)11-3-1-2-4-19(11,17)18/h5-6,11-12H,1-4H2. The zero-order valence-corrected chi connectivity index (χ0v) is 13.8. The van der Waals surface area contributed by atoms with Gasteiger partial charge in [-0.2, -0.15) is 0 Å². The molecule has 0 amide bonds. The number of sulfone groups is 1. The topological polar surface area (TPSA) is 34.1 Å². The van der Waals surface area contributed by atoms with Crippen molar-refractivity contribution in [1.29, 1.82) is 0 Å². The smallest absolute Gasteiger partial charge is 0.154 e. The lowest BCUT2D eigenvalue weighted by atomic mass is 10.0. The lowest BCUT2D eigenvalue weighted by Crippen LogP contribution is -2.32. The van der Waals surface area contributed by atoms with Crippen LogP contribution < -0.4 is 0 Å². The van der Waals surface area contributed by atoms with Crippen molar-refractivity contribution in [3.63, 3.8) is 0 Å². The molecule has 1 fully saturated rings. The van der Waals surface area contributed by atoms with E-state index in [1.165, 1.54) is 12.1 Å². The maximum Gasteiger partial charge on any atom is 0.154 e. The third kappa shape index (κ3) is 3.26. The van der Waals surface area contributed by atoms with Crippen LogP contribution in [0.15, 0.2) is 16.6 Å². The van der Waals surface area contributed by atoms with E-state index in [4.69, 9.17) is 23.2 Å². The van der Waals surface area contributed by atoms with Gasteiger partial charge < -0.3 is 0 Å². The van der Waals surface area contributed by atoms with Crippen molar-refractivity contribution in [2.45, 2.75) is 29.9 Å². The van der Waals surface area contributed by atoms with E-state index in [0.717, 1.165) is 6.42 Å². The van der Waals surface area contributed by atoms with E-state index in [-0.39, 0.29) is 11.3 Å². The van der Waals surface area contributed by atoms with Gasteiger partial charge in [-0.3, -0.25) is 0 Å². The van der Waals surface area contributed by atoms with Crippen molar-refractivity contribution in [2.24, 2.45) is 0 Å². The van der Waals surface area contributed by atoms with Crippen LogP contribution >= 0.6 is 39.1 Å². The number of hydrogen-bond donors (Lipinski definition) is 0. The first-order valence-corrected chi connectivity index (χ1v) is 9.15. The summed E-state index contributed by atoms with van der Waals surface area (Å²) in [5, 5.41) is -1.33. The fourth-order valence-electron chi connectivity index (χ4n) is 2.26. The summed E-state index contributed by atoms with van der Waals surface area (Å²) >= 11 is 15.2. The van der Waals surface area contributed by atoms with Crippen LogP contribution in [0.25, 0.3) is 0 Å². The predicted octanol–water partition coefficient (Wildman–Crippen LogP) is 4.49. The zero-order chi connectivity index (χ0) is 14.2. The van der Waals surface area contributed by atoms with E-state index in [1.54, 1.807) is 0 Å². The summed E-state index contributed by atoms with van der Waals surface area (Å²) in [5.74, 6) is -0.427. The third-order valence-corrected chi connectivity index (χ3v) is 7.47. The zero-order valence-electron chi connectivity index (χ0n) is 9.87. The highest BCUT2D eigenvalue weighted by molar-refractivity contribution is 9.10. The molecular formula is C12H12BrCl2FO2S. The molecular weight excluding hydrogens is 378 g/mol. The first kappa shape index (κ1) is 15.5. The molecule has 0 spiro atoms. The Morgan fingerprint density at radius 2 is 2.05 bits per heavy atom. The molecule has 2 unspecified atom stereocenters. The largest absolute Gasteiger partial charge is 0.228 e. The maximum atomic E-state index is 13.9. The molecule has 2 nitrogen and oxygen atoms in total. The van der Waals surface area contributed by atoms with Crippen molar-refractivity contribution in [2.75, 3.05) is 5.75 Å². The van der Waals surface area contributed by atoms with Gasteiger partial charge in [-0.25, -0.2) is 12.8 Å². The van der Waals surface area contributed by atoms with Gasteiger partial charge in [-0.1, -0.05) is 18.0 Å². The Kier molecular flexibility index (Phi) is 4.81. The number of benzene rings is 1. The predicted molar refractivity (Wildman–Crippen MR) is 79.1 cm³/mol. The molecule has 0 bridgehead atoms. The van der Waals surface area contributed by atoms with Crippen LogP contribution in [0.5, 0.6) is 0 Å². The first-order valence-electron chi connectivity index (χ1n) is 5.83. The molecule has 2 atom stereocenters. The molecule has 1 aliphatic rings. The number of halogens is 4. The van der Waals surface area contributed by atoms with E-state index < -0.39 is 26.3 Å². The van der Waals surface area contributed by atoms with Gasteiger partial charge in [0.05, 0.1) is 21.4 Å². The number of alkyl halides is 1. The highest BCUT2D eigenvalue weighted by Crippen LogP contribution is 2.38. The van der Waals surface area contributed by atoms with Crippen LogP contribution in [-0.2, 0) is 9.84 Å². The lowest BCUT2D eigenvalue weighted by Gasteiger charge is -2.26. The van der Waals surface area contributed by atoms with Crippen LogP contribution in [0.1, 0.15) is 30.2 Å². The minimum absolute atomic E-state index is 0.118. The van der Waals surface area contributed by atoms with E-state index in [0.29, 0.717) is 22.3 Å². The molecule has 19 heavy (non-hydrogen) atoms. The Hall–Kier alpha value is 0.160. The van der Waals surface area contributed by atoms with Crippen LogP contribution in [0, 0.1) is 5.82 Å². The van der Waals surface area contributed by atoms with E-state index in [2.05, 4.69) is 15.9 Å². The highest BCUT2D eigenvalue weighted by Gasteiger charge is 2.36. The molecule has 1 saturated heterocycles. The average Bonchev–Trinajstić information content (AvgIpc) is 2.32. The van der Waals surface area contributed by atoms with Crippen molar-refractivity contribution >= 4 is 49.0 Å². The Morgan fingerprint density at radius 1 is 1.37 bits per heavy atom. The van der Waals surface area contributed by atoms with Gasteiger partial charge in [0.15, 0.2) is 9.84 Å². The quantitative estimate of drug-likeness (QED) is 0.551. The fourth-order valence-corrected chi connectivity index (χ4v) is 5.45. The van der Waals surface area contributed by atoms with Gasteiger partial charge in [-0.05, 0) is 40.9 Å². The lowest BCUT2D eigenvalue weighted by molar-refractivity contribution is 0.526. The van der Waals surface area contributed by atoms with Crippen molar-refractivity contribution < 1.29 is 12.8 Å². The molecule has 106 valence electrons. The molecule has 0 N–H and O–H groups in total. The molecule has 1 aromatic carbocycles. The molecule has 0 radical (unpaired) electrons. The summed E-state index contributed by atoms with van der Waals surface area (Å²) < 4.78 is 38.4. The summed E-state index contributed by atoms with van der Waals surface area (Å²) in [6.45, 7) is 0. The Balaban J connectivity index is 2.39. The summed E-state index contributed by atoms with van der Waals surface area (Å²) in [6, 6.07) is 2.60. The number of hydrogen-bond acceptors (Lipinski definition) is 2. The molecule has 2 rings (SSSR count). The minimum Gasteiger partial charge on any atom is -0.228 e. The van der Waals surface area contributed by atoms with Gasteiger partial charge in [0.25, 0.3) is 0 Å². The molecule has 1 aliphatic heterocycles. The summed E-state index contributed by atoms with van der Waals surface area (Å²) in [6.07, 6.45) is 1.90. The second kappa shape index (κ2) is 5.88. The molecule has 1 aromatic rings. The second-order valence-corrected chi connectivity index (χ2v) is 8.66. The van der Waals surface area contributed by atoms with Crippen molar-refractivity contribution in [1.82, 2.24) is 0 Å². The summed E-state index contributed by atoms with van der Waals surface area (Å²) in [7, 11) is -3.26. The van der Waals surface area contributed by atoms with Gasteiger partial charge >= 0.3 is 0 Å². The Morgan fingerprint density at radius 3 is 2.68 bits per heavy atom. The van der Waals surface area contributed by atoms with Gasteiger partial charge in [-0.15, -0.1) is 11.6 Å². The normalized spacial score (nSPS) is 24.1. The Bertz CT molecular complexity index is 592. The average molecular weight is 390 g/mol.